The van der Waals surface area contributed by atoms with Crippen molar-refractivity contribution < 1.29 is 9.90 Å². The molecule has 0 unspecified atom stereocenters. The van der Waals surface area contributed by atoms with Gasteiger partial charge in [-0.05, 0) is 23.8 Å². The van der Waals surface area contributed by atoms with Crippen LogP contribution in [0.2, 0.25) is 0 Å². The summed E-state index contributed by atoms with van der Waals surface area (Å²) in [5.74, 6) is 0. The van der Waals surface area contributed by atoms with E-state index in [1.165, 1.54) is 0 Å². The van der Waals surface area contributed by atoms with Crippen molar-refractivity contribution in [2.45, 2.75) is 0 Å². The fourth-order valence-electron chi connectivity index (χ4n) is 1.72. The maximum Gasteiger partial charge on any atom is 0.409 e. The fourth-order valence-corrected chi connectivity index (χ4v) is 1.72. The smallest absolute Gasteiger partial charge is 0.409 e. The minimum Gasteiger partial charge on any atom is -0.465 e. The molecule has 2 N–H and O–H groups in total. The van der Waals surface area contributed by atoms with Gasteiger partial charge < -0.3 is 5.11 Å². The van der Waals surface area contributed by atoms with Gasteiger partial charge in [0.15, 0.2) is 0 Å². The van der Waals surface area contributed by atoms with E-state index in [0.29, 0.717) is 11.3 Å². The van der Waals surface area contributed by atoms with E-state index in [1.807, 2.05) is 18.2 Å². The minimum absolute atomic E-state index is 0.500. The third-order valence-electron chi connectivity index (χ3n) is 2.47. The van der Waals surface area contributed by atoms with E-state index in [9.17, 15) is 4.79 Å². The van der Waals surface area contributed by atoms with Crippen LogP contribution in [0.5, 0.6) is 0 Å². The Bertz CT molecular complexity index is 630. The van der Waals surface area contributed by atoms with Gasteiger partial charge in [0.05, 0.1) is 17.3 Å². The van der Waals surface area contributed by atoms with Crippen LogP contribution in [0.25, 0.3) is 11.1 Å². The summed E-state index contributed by atoms with van der Waals surface area (Å²) in [6.45, 7) is 0. The highest BCUT2D eigenvalue weighted by Gasteiger charge is 2.07. The lowest BCUT2D eigenvalue weighted by molar-refractivity contribution is 0.210. The Morgan fingerprint density at radius 3 is 2.67 bits per heavy atom. The quantitative estimate of drug-likeness (QED) is 0.842. The van der Waals surface area contributed by atoms with Gasteiger partial charge in [-0.15, -0.1) is 0 Å². The molecule has 4 nitrogen and oxygen atoms in total. The minimum atomic E-state index is -1.11. The maximum absolute atomic E-state index is 10.7. The second-order valence-electron chi connectivity index (χ2n) is 3.67. The van der Waals surface area contributed by atoms with Gasteiger partial charge in [0.1, 0.15) is 0 Å². The first-order valence-corrected chi connectivity index (χ1v) is 5.30. The molecule has 4 heteroatoms. The van der Waals surface area contributed by atoms with Crippen LogP contribution >= 0.6 is 0 Å². The van der Waals surface area contributed by atoms with Crippen molar-refractivity contribution in [3.63, 3.8) is 0 Å². The molecule has 0 aliphatic carbocycles. The van der Waals surface area contributed by atoms with Crippen molar-refractivity contribution in [1.82, 2.24) is 0 Å². The predicted octanol–water partition coefficient (Wildman–Crippen LogP) is 3.32. The molecule has 0 aromatic heterocycles. The number of carbonyl (C=O) groups is 1. The van der Waals surface area contributed by atoms with Gasteiger partial charge in [-0.3, -0.25) is 5.32 Å². The van der Waals surface area contributed by atoms with Crippen molar-refractivity contribution in [2.24, 2.45) is 0 Å². The van der Waals surface area contributed by atoms with Crippen molar-refractivity contribution in [3.05, 3.63) is 54.1 Å². The lowest BCUT2D eigenvalue weighted by atomic mass is 10.0. The summed E-state index contributed by atoms with van der Waals surface area (Å²) in [4.78, 5) is 10.7. The number of para-hydroxylation sites is 1. The molecule has 0 aliphatic heterocycles. The molecule has 0 saturated carbocycles. The molecule has 0 bridgehead atoms. The van der Waals surface area contributed by atoms with Crippen molar-refractivity contribution in [1.29, 1.82) is 5.26 Å². The van der Waals surface area contributed by atoms with Crippen LogP contribution in [0, 0.1) is 11.3 Å². The molecule has 0 heterocycles. The van der Waals surface area contributed by atoms with Gasteiger partial charge in [-0.25, -0.2) is 4.79 Å². The van der Waals surface area contributed by atoms with Crippen molar-refractivity contribution in [2.75, 3.05) is 5.32 Å². The monoisotopic (exact) mass is 238 g/mol. The Hall–Kier alpha value is -2.80. The summed E-state index contributed by atoms with van der Waals surface area (Å²) >= 11 is 0. The van der Waals surface area contributed by atoms with Crippen LogP contribution in [0.15, 0.2) is 48.5 Å². The molecule has 2 aromatic carbocycles. The molecule has 0 aliphatic rings. The number of hydrogen-bond donors (Lipinski definition) is 2. The third kappa shape index (κ3) is 2.47. The second-order valence-corrected chi connectivity index (χ2v) is 3.67. The molecule has 18 heavy (non-hydrogen) atoms. The van der Waals surface area contributed by atoms with Gasteiger partial charge in [0.2, 0.25) is 0 Å². The summed E-state index contributed by atoms with van der Waals surface area (Å²) < 4.78 is 0. The van der Waals surface area contributed by atoms with Gasteiger partial charge >= 0.3 is 6.09 Å². The topological polar surface area (TPSA) is 73.1 Å². The number of amides is 1. The predicted molar refractivity (Wildman–Crippen MR) is 68.2 cm³/mol. The second kappa shape index (κ2) is 5.02. The number of anilines is 1. The first-order chi connectivity index (χ1) is 8.70. The highest BCUT2D eigenvalue weighted by Crippen LogP contribution is 2.28. The van der Waals surface area contributed by atoms with Crippen LogP contribution in [-0.4, -0.2) is 11.2 Å². The third-order valence-corrected chi connectivity index (χ3v) is 2.47. The molecule has 1 amide bonds. The zero-order valence-electron chi connectivity index (χ0n) is 9.42. The van der Waals surface area contributed by atoms with E-state index in [0.717, 1.165) is 11.1 Å². The van der Waals surface area contributed by atoms with Crippen LogP contribution in [0.4, 0.5) is 10.5 Å². The van der Waals surface area contributed by atoms with E-state index in [-0.39, 0.29) is 0 Å². The molecule has 0 saturated heterocycles. The van der Waals surface area contributed by atoms with E-state index < -0.39 is 6.09 Å². The number of nitrogens with zero attached hydrogens (tertiary/aromatic N) is 1. The average molecular weight is 238 g/mol. The SMILES string of the molecule is N#Cc1cccc(-c2ccccc2NC(=O)O)c1. The maximum atomic E-state index is 10.7. The summed E-state index contributed by atoms with van der Waals surface area (Å²) in [7, 11) is 0. The molecule has 0 fully saturated rings. The largest absolute Gasteiger partial charge is 0.465 e. The Morgan fingerprint density at radius 1 is 1.17 bits per heavy atom. The fraction of sp³-hybridized carbons (Fsp3) is 0. The zero-order valence-corrected chi connectivity index (χ0v) is 9.42. The molecule has 0 spiro atoms. The van der Waals surface area contributed by atoms with Gasteiger partial charge in [-0.1, -0.05) is 30.3 Å². The van der Waals surface area contributed by atoms with Gasteiger partial charge in [0, 0.05) is 5.56 Å². The highest BCUT2D eigenvalue weighted by atomic mass is 16.4. The van der Waals surface area contributed by atoms with Crippen LogP contribution in [0.3, 0.4) is 0 Å². The van der Waals surface area contributed by atoms with Gasteiger partial charge in [0.25, 0.3) is 0 Å². The Morgan fingerprint density at radius 2 is 1.94 bits per heavy atom. The van der Waals surface area contributed by atoms with Crippen molar-refractivity contribution >= 4 is 11.8 Å². The number of hydrogen-bond acceptors (Lipinski definition) is 2. The molecule has 2 aromatic rings. The first kappa shape index (κ1) is 11.7. The van der Waals surface area contributed by atoms with E-state index >= 15 is 0 Å². The summed E-state index contributed by atoms with van der Waals surface area (Å²) in [5, 5.41) is 20.0. The Labute approximate surface area is 104 Å². The number of nitrogens with one attached hydrogen (secondary N) is 1. The number of rotatable bonds is 2. The number of nitriles is 1. The van der Waals surface area contributed by atoms with Crippen molar-refractivity contribution in [3.8, 4) is 17.2 Å². The molecule has 88 valence electrons. The summed E-state index contributed by atoms with van der Waals surface area (Å²) in [6, 6.07) is 16.2. The van der Waals surface area contributed by atoms with E-state index in [2.05, 4.69) is 11.4 Å². The molecule has 2 rings (SSSR count). The molecule has 0 radical (unpaired) electrons. The zero-order chi connectivity index (χ0) is 13.0. The lowest BCUT2D eigenvalue weighted by Gasteiger charge is -2.09. The molecular weight excluding hydrogens is 228 g/mol. The summed E-state index contributed by atoms with van der Waals surface area (Å²) in [6.07, 6.45) is -1.11. The number of carboxylic acid groups (broad SMARTS) is 1. The van der Waals surface area contributed by atoms with Crippen LogP contribution in [-0.2, 0) is 0 Å². The first-order valence-electron chi connectivity index (χ1n) is 5.30. The normalized spacial score (nSPS) is 9.50. The molecular formula is C14H10N2O2. The standard InChI is InChI=1S/C14H10N2O2/c15-9-10-4-3-5-11(8-10)12-6-1-2-7-13(12)16-14(17)18/h1-8,16H,(H,17,18). The lowest BCUT2D eigenvalue weighted by Crippen LogP contribution is -2.08. The average Bonchev–Trinajstić information content (AvgIpc) is 2.39. The highest BCUT2D eigenvalue weighted by molar-refractivity contribution is 5.90. The van der Waals surface area contributed by atoms with Crippen LogP contribution < -0.4 is 5.32 Å². The Kier molecular flexibility index (Phi) is 3.26. The van der Waals surface area contributed by atoms with E-state index in [4.69, 9.17) is 10.4 Å². The molecule has 0 atom stereocenters. The van der Waals surface area contributed by atoms with Gasteiger partial charge in [-0.2, -0.15) is 5.26 Å². The Balaban J connectivity index is 2.50. The number of benzene rings is 2. The van der Waals surface area contributed by atoms with E-state index in [1.54, 1.807) is 30.3 Å². The summed E-state index contributed by atoms with van der Waals surface area (Å²) in [5.41, 5.74) is 2.59. The van der Waals surface area contributed by atoms with Crippen LogP contribution in [0.1, 0.15) is 5.56 Å².